The van der Waals surface area contributed by atoms with Gasteiger partial charge in [0.1, 0.15) is 0 Å². The van der Waals surface area contributed by atoms with Crippen LogP contribution in [0.2, 0.25) is 0 Å². The van der Waals surface area contributed by atoms with Crippen molar-refractivity contribution in [3.63, 3.8) is 0 Å². The Labute approximate surface area is 111 Å². The second-order valence-corrected chi connectivity index (χ2v) is 4.17. The van der Waals surface area contributed by atoms with Crippen molar-refractivity contribution >= 4 is 11.9 Å². The maximum absolute atomic E-state index is 10.7. The van der Waals surface area contributed by atoms with Gasteiger partial charge in [-0.05, 0) is 17.7 Å². The number of aromatic carboxylic acids is 1. The van der Waals surface area contributed by atoms with Gasteiger partial charge >= 0.3 is 11.9 Å². The Morgan fingerprint density at radius 2 is 1.84 bits per heavy atom. The molecule has 0 radical (unpaired) electrons. The van der Waals surface area contributed by atoms with Crippen LogP contribution in [0.15, 0.2) is 36.9 Å². The third-order valence-corrected chi connectivity index (χ3v) is 2.64. The third-order valence-electron chi connectivity index (χ3n) is 2.64. The van der Waals surface area contributed by atoms with E-state index < -0.39 is 11.9 Å². The van der Waals surface area contributed by atoms with E-state index in [4.69, 9.17) is 10.2 Å². The monoisotopic (exact) mass is 263 g/mol. The predicted molar refractivity (Wildman–Crippen MR) is 71.1 cm³/mol. The molecule has 0 fully saturated rings. The maximum atomic E-state index is 10.7. The van der Waals surface area contributed by atoms with Crippen LogP contribution < -0.4 is 0 Å². The van der Waals surface area contributed by atoms with Crippen LogP contribution in [0, 0.1) is 0 Å². The van der Waals surface area contributed by atoms with Crippen LogP contribution in [0.3, 0.4) is 0 Å². The lowest BCUT2D eigenvalue weighted by atomic mass is 10.1. The SMILES string of the molecule is C=CCN(CCC(=O)O)Cc1ccc(C(=O)O)cc1. The van der Waals surface area contributed by atoms with E-state index >= 15 is 0 Å². The van der Waals surface area contributed by atoms with Crippen LogP contribution >= 0.6 is 0 Å². The summed E-state index contributed by atoms with van der Waals surface area (Å²) in [5, 5.41) is 17.5. The fraction of sp³-hybridized carbons (Fsp3) is 0.286. The van der Waals surface area contributed by atoms with Gasteiger partial charge in [-0.2, -0.15) is 0 Å². The van der Waals surface area contributed by atoms with E-state index in [0.717, 1.165) is 5.56 Å². The largest absolute Gasteiger partial charge is 0.481 e. The molecule has 19 heavy (non-hydrogen) atoms. The number of carboxylic acids is 2. The van der Waals surface area contributed by atoms with E-state index in [0.29, 0.717) is 19.6 Å². The molecule has 0 bridgehead atoms. The Hall–Kier alpha value is -2.14. The zero-order valence-electron chi connectivity index (χ0n) is 10.6. The molecule has 0 aliphatic heterocycles. The molecule has 0 unspecified atom stereocenters. The van der Waals surface area contributed by atoms with E-state index in [-0.39, 0.29) is 12.0 Å². The standard InChI is InChI=1S/C14H17NO4/c1-2-8-15(9-7-13(16)17)10-11-3-5-12(6-4-11)14(18)19/h2-6H,1,7-10H2,(H,16,17)(H,18,19). The number of hydrogen-bond donors (Lipinski definition) is 2. The van der Waals surface area contributed by atoms with Gasteiger partial charge in [0.15, 0.2) is 0 Å². The Bertz CT molecular complexity index is 453. The van der Waals surface area contributed by atoms with Gasteiger partial charge in [0.05, 0.1) is 12.0 Å². The van der Waals surface area contributed by atoms with E-state index in [1.54, 1.807) is 30.3 Å². The molecule has 2 N–H and O–H groups in total. The minimum Gasteiger partial charge on any atom is -0.481 e. The second-order valence-electron chi connectivity index (χ2n) is 4.17. The summed E-state index contributed by atoms with van der Waals surface area (Å²) < 4.78 is 0. The van der Waals surface area contributed by atoms with Crippen molar-refractivity contribution in [1.29, 1.82) is 0 Å². The molecule has 0 saturated carbocycles. The summed E-state index contributed by atoms with van der Waals surface area (Å²) in [7, 11) is 0. The molecule has 0 saturated heterocycles. The highest BCUT2D eigenvalue weighted by atomic mass is 16.4. The molecule has 1 aromatic carbocycles. The van der Waals surface area contributed by atoms with Gasteiger partial charge in [-0.1, -0.05) is 18.2 Å². The summed E-state index contributed by atoms with van der Waals surface area (Å²) in [6, 6.07) is 6.56. The van der Waals surface area contributed by atoms with Crippen LogP contribution in [0.25, 0.3) is 0 Å². The van der Waals surface area contributed by atoms with Gasteiger partial charge in [-0.15, -0.1) is 6.58 Å². The molecule has 1 aromatic rings. The van der Waals surface area contributed by atoms with Crippen LogP contribution in [0.5, 0.6) is 0 Å². The molecule has 102 valence electrons. The number of carboxylic acid groups (broad SMARTS) is 2. The minimum atomic E-state index is -0.958. The molecule has 0 aliphatic carbocycles. The maximum Gasteiger partial charge on any atom is 0.335 e. The molecule has 0 heterocycles. The summed E-state index contributed by atoms with van der Waals surface area (Å²) in [6.07, 6.45) is 1.79. The van der Waals surface area contributed by atoms with Crippen molar-refractivity contribution in [1.82, 2.24) is 4.90 Å². The summed E-state index contributed by atoms with van der Waals surface area (Å²) in [4.78, 5) is 23.2. The normalized spacial score (nSPS) is 10.4. The van der Waals surface area contributed by atoms with Crippen molar-refractivity contribution in [2.24, 2.45) is 0 Å². The lowest BCUT2D eigenvalue weighted by Gasteiger charge is -2.19. The number of nitrogens with zero attached hydrogens (tertiary/aromatic N) is 1. The van der Waals surface area contributed by atoms with Crippen LogP contribution in [-0.2, 0) is 11.3 Å². The topological polar surface area (TPSA) is 77.8 Å². The molecule has 5 heteroatoms. The number of carbonyl (C=O) groups is 2. The molecular formula is C14H17NO4. The average molecular weight is 263 g/mol. The molecular weight excluding hydrogens is 246 g/mol. The minimum absolute atomic E-state index is 0.0705. The summed E-state index contributed by atoms with van der Waals surface area (Å²) >= 11 is 0. The first-order chi connectivity index (χ1) is 9.02. The highest BCUT2D eigenvalue weighted by Gasteiger charge is 2.08. The zero-order chi connectivity index (χ0) is 14.3. The van der Waals surface area contributed by atoms with Crippen molar-refractivity contribution in [2.45, 2.75) is 13.0 Å². The van der Waals surface area contributed by atoms with Gasteiger partial charge in [0, 0.05) is 19.6 Å². The average Bonchev–Trinajstić information content (AvgIpc) is 2.37. The highest BCUT2D eigenvalue weighted by molar-refractivity contribution is 5.87. The van der Waals surface area contributed by atoms with Crippen LogP contribution in [0.4, 0.5) is 0 Å². The Morgan fingerprint density at radius 3 is 2.32 bits per heavy atom. The number of rotatable bonds is 8. The predicted octanol–water partition coefficient (Wildman–Crippen LogP) is 1.85. The van der Waals surface area contributed by atoms with Crippen LogP contribution in [-0.4, -0.2) is 40.1 Å². The molecule has 0 atom stereocenters. The Balaban J connectivity index is 2.64. The number of aliphatic carboxylic acids is 1. The van der Waals surface area contributed by atoms with Crippen molar-refractivity contribution in [3.8, 4) is 0 Å². The summed E-state index contributed by atoms with van der Waals surface area (Å²) in [5.41, 5.74) is 1.18. The van der Waals surface area contributed by atoms with E-state index in [1.165, 1.54) is 0 Å². The van der Waals surface area contributed by atoms with E-state index in [9.17, 15) is 9.59 Å². The fourth-order valence-corrected chi connectivity index (χ4v) is 1.68. The summed E-state index contributed by atoms with van der Waals surface area (Å²) in [6.45, 7) is 5.23. The first-order valence-corrected chi connectivity index (χ1v) is 5.90. The lowest BCUT2D eigenvalue weighted by molar-refractivity contribution is -0.137. The smallest absolute Gasteiger partial charge is 0.335 e. The summed E-state index contributed by atoms with van der Waals surface area (Å²) in [5.74, 6) is -1.80. The Morgan fingerprint density at radius 1 is 1.21 bits per heavy atom. The number of benzene rings is 1. The quantitative estimate of drug-likeness (QED) is 0.700. The zero-order valence-corrected chi connectivity index (χ0v) is 10.6. The van der Waals surface area contributed by atoms with Crippen molar-refractivity contribution in [3.05, 3.63) is 48.0 Å². The number of hydrogen-bond acceptors (Lipinski definition) is 3. The van der Waals surface area contributed by atoms with Gasteiger partial charge in [0.25, 0.3) is 0 Å². The lowest BCUT2D eigenvalue weighted by Crippen LogP contribution is -2.26. The van der Waals surface area contributed by atoms with Crippen molar-refractivity contribution < 1.29 is 19.8 Å². The third kappa shape index (κ3) is 5.35. The molecule has 0 aliphatic rings. The Kier molecular flexibility index (Phi) is 5.75. The molecule has 0 aromatic heterocycles. The molecule has 5 nitrogen and oxygen atoms in total. The van der Waals surface area contributed by atoms with E-state index in [2.05, 4.69) is 6.58 Å². The highest BCUT2D eigenvalue weighted by Crippen LogP contribution is 2.08. The first-order valence-electron chi connectivity index (χ1n) is 5.90. The van der Waals surface area contributed by atoms with Crippen molar-refractivity contribution in [2.75, 3.05) is 13.1 Å². The molecule has 0 spiro atoms. The van der Waals surface area contributed by atoms with Gasteiger partial charge in [0.2, 0.25) is 0 Å². The van der Waals surface area contributed by atoms with Gasteiger partial charge < -0.3 is 10.2 Å². The molecule has 1 rings (SSSR count). The fourth-order valence-electron chi connectivity index (χ4n) is 1.68. The van der Waals surface area contributed by atoms with E-state index in [1.807, 2.05) is 4.90 Å². The van der Waals surface area contributed by atoms with Gasteiger partial charge in [-0.25, -0.2) is 4.79 Å². The second kappa shape index (κ2) is 7.33. The van der Waals surface area contributed by atoms with Gasteiger partial charge in [-0.3, -0.25) is 9.69 Å². The molecule has 0 amide bonds. The first kappa shape index (κ1) is 14.9. The van der Waals surface area contributed by atoms with Crippen LogP contribution in [0.1, 0.15) is 22.3 Å².